The van der Waals surface area contributed by atoms with Gasteiger partial charge in [0.25, 0.3) is 0 Å². The predicted octanol–water partition coefficient (Wildman–Crippen LogP) is 5.88. The number of piperidine rings is 1. The van der Waals surface area contributed by atoms with E-state index < -0.39 is 0 Å². The van der Waals surface area contributed by atoms with Crippen molar-refractivity contribution >= 4 is 17.8 Å². The van der Waals surface area contributed by atoms with Gasteiger partial charge in [0.2, 0.25) is 0 Å². The zero-order valence-electron chi connectivity index (χ0n) is 19.2. The summed E-state index contributed by atoms with van der Waals surface area (Å²) >= 11 is 0. The van der Waals surface area contributed by atoms with Gasteiger partial charge in [-0.05, 0) is 79.0 Å². The molecule has 3 aromatic rings. The average molecular weight is 463 g/mol. The lowest BCUT2D eigenvalue weighted by atomic mass is 10.1. The third-order valence-corrected chi connectivity index (χ3v) is 5.98. The molecule has 3 aromatic carbocycles. The van der Waals surface area contributed by atoms with Crippen LogP contribution in [0.4, 0.5) is 10.1 Å². The summed E-state index contributed by atoms with van der Waals surface area (Å²) in [6.07, 6.45) is 7.59. The van der Waals surface area contributed by atoms with Gasteiger partial charge in [-0.3, -0.25) is 4.90 Å². The molecule has 6 heteroatoms. The number of hydrogen-bond donors (Lipinski definition) is 3. The van der Waals surface area contributed by atoms with E-state index >= 15 is 0 Å². The second-order valence-corrected chi connectivity index (χ2v) is 8.57. The van der Waals surface area contributed by atoms with Gasteiger partial charge in [0.05, 0.1) is 0 Å². The Bertz CT molecular complexity index is 1110. The first kappa shape index (κ1) is 23.6. The number of nitrogens with one attached hydrogen (secondary N) is 1. The van der Waals surface area contributed by atoms with E-state index in [0.717, 1.165) is 42.0 Å². The summed E-state index contributed by atoms with van der Waals surface area (Å²) in [5, 5.41) is 22.6. The van der Waals surface area contributed by atoms with Crippen LogP contribution in [0.15, 0.2) is 60.7 Å². The van der Waals surface area contributed by atoms with Crippen LogP contribution in [0.5, 0.6) is 17.2 Å². The molecule has 1 fully saturated rings. The van der Waals surface area contributed by atoms with E-state index in [1.54, 1.807) is 30.3 Å². The van der Waals surface area contributed by atoms with Gasteiger partial charge >= 0.3 is 0 Å². The van der Waals surface area contributed by atoms with Gasteiger partial charge < -0.3 is 20.3 Å². The fraction of sp³-hybridized carbons (Fsp3) is 0.286. The monoisotopic (exact) mass is 462 g/mol. The van der Waals surface area contributed by atoms with Crippen molar-refractivity contribution in [2.45, 2.75) is 25.8 Å². The normalized spacial score (nSPS) is 14.4. The Morgan fingerprint density at radius 1 is 0.882 bits per heavy atom. The minimum Gasteiger partial charge on any atom is -0.508 e. The molecule has 4 rings (SSSR count). The molecule has 1 aliphatic rings. The summed E-state index contributed by atoms with van der Waals surface area (Å²) in [4.78, 5) is 2.36. The van der Waals surface area contributed by atoms with Gasteiger partial charge in [-0.25, -0.2) is 4.39 Å². The molecular weight excluding hydrogens is 431 g/mol. The van der Waals surface area contributed by atoms with Crippen molar-refractivity contribution in [2.75, 3.05) is 31.6 Å². The highest BCUT2D eigenvalue weighted by Gasteiger charge is 2.11. The fourth-order valence-corrected chi connectivity index (χ4v) is 4.05. The van der Waals surface area contributed by atoms with E-state index in [-0.39, 0.29) is 23.1 Å². The summed E-state index contributed by atoms with van der Waals surface area (Å²) < 4.78 is 20.3. The van der Waals surface area contributed by atoms with Crippen LogP contribution in [-0.2, 0) is 6.54 Å². The number of benzene rings is 3. The van der Waals surface area contributed by atoms with E-state index in [2.05, 4.69) is 10.2 Å². The van der Waals surface area contributed by atoms with Gasteiger partial charge in [-0.2, -0.15) is 0 Å². The lowest BCUT2D eigenvalue weighted by Gasteiger charge is -2.26. The molecule has 1 aliphatic heterocycles. The van der Waals surface area contributed by atoms with Crippen molar-refractivity contribution in [1.29, 1.82) is 0 Å². The zero-order chi connectivity index (χ0) is 23.8. The quantitative estimate of drug-likeness (QED) is 0.346. The first-order valence-electron chi connectivity index (χ1n) is 11.7. The second-order valence-electron chi connectivity index (χ2n) is 8.57. The molecule has 3 N–H and O–H groups in total. The largest absolute Gasteiger partial charge is 0.508 e. The minimum atomic E-state index is -0.374. The Morgan fingerprint density at radius 2 is 1.65 bits per heavy atom. The summed E-state index contributed by atoms with van der Waals surface area (Å²) in [6.45, 7) is 3.89. The highest BCUT2D eigenvalue weighted by atomic mass is 19.1. The number of hydrogen-bond acceptors (Lipinski definition) is 5. The number of likely N-dealkylation sites (tertiary alicyclic amines) is 1. The van der Waals surface area contributed by atoms with Crippen LogP contribution < -0.4 is 10.1 Å². The molecule has 0 aliphatic carbocycles. The van der Waals surface area contributed by atoms with Gasteiger partial charge in [-0.15, -0.1) is 0 Å². The molecule has 34 heavy (non-hydrogen) atoms. The fourth-order valence-electron chi connectivity index (χ4n) is 4.05. The smallest absolute Gasteiger partial charge is 0.165 e. The van der Waals surface area contributed by atoms with Crippen LogP contribution >= 0.6 is 0 Å². The van der Waals surface area contributed by atoms with Crippen LogP contribution in [0.3, 0.4) is 0 Å². The van der Waals surface area contributed by atoms with Crippen molar-refractivity contribution in [3.05, 3.63) is 83.2 Å². The highest BCUT2D eigenvalue weighted by Crippen LogP contribution is 2.26. The Kier molecular flexibility index (Phi) is 8.04. The minimum absolute atomic E-state index is 0.146. The van der Waals surface area contributed by atoms with Crippen molar-refractivity contribution in [1.82, 2.24) is 4.90 Å². The first-order valence-corrected chi connectivity index (χ1v) is 11.7. The molecule has 0 aromatic heterocycles. The summed E-state index contributed by atoms with van der Waals surface area (Å²) in [5.41, 5.74) is 3.33. The number of ether oxygens (including phenoxy) is 1. The van der Waals surface area contributed by atoms with E-state index in [4.69, 9.17) is 4.74 Å². The molecule has 5 nitrogen and oxygen atoms in total. The van der Waals surface area contributed by atoms with E-state index in [1.807, 2.05) is 36.4 Å². The molecule has 0 unspecified atom stereocenters. The summed E-state index contributed by atoms with van der Waals surface area (Å²) in [5.74, 6) is 0.264. The Hall–Kier alpha value is -3.51. The Labute approximate surface area is 200 Å². The maximum atomic E-state index is 14.6. The van der Waals surface area contributed by atoms with Crippen molar-refractivity contribution in [3.63, 3.8) is 0 Å². The maximum Gasteiger partial charge on any atom is 0.165 e. The van der Waals surface area contributed by atoms with Crippen LogP contribution in [-0.4, -0.2) is 41.4 Å². The number of halogens is 1. The molecule has 178 valence electrons. The highest BCUT2D eigenvalue weighted by molar-refractivity contribution is 5.77. The second kappa shape index (κ2) is 11.6. The van der Waals surface area contributed by atoms with Crippen molar-refractivity contribution < 1.29 is 19.3 Å². The van der Waals surface area contributed by atoms with Crippen molar-refractivity contribution in [2.24, 2.45) is 0 Å². The summed E-state index contributed by atoms with van der Waals surface area (Å²) in [7, 11) is 0. The lowest BCUT2D eigenvalue weighted by Crippen LogP contribution is -2.33. The molecule has 1 saturated heterocycles. The Morgan fingerprint density at radius 3 is 2.41 bits per heavy atom. The number of aromatic hydroxyl groups is 2. The molecule has 0 amide bonds. The lowest BCUT2D eigenvalue weighted by molar-refractivity contribution is 0.180. The first-order chi connectivity index (χ1) is 16.6. The summed E-state index contributed by atoms with van der Waals surface area (Å²) in [6, 6.07) is 17.0. The van der Waals surface area contributed by atoms with Crippen LogP contribution in [0, 0.1) is 5.82 Å². The van der Waals surface area contributed by atoms with E-state index in [0.29, 0.717) is 13.2 Å². The maximum absolute atomic E-state index is 14.6. The number of phenolic OH excluding ortho intramolecular Hbond substituents is 2. The van der Waals surface area contributed by atoms with Crippen LogP contribution in [0.1, 0.15) is 36.0 Å². The Balaban J connectivity index is 1.35. The van der Waals surface area contributed by atoms with Gasteiger partial charge in [0, 0.05) is 24.8 Å². The third-order valence-electron chi connectivity index (χ3n) is 5.98. The van der Waals surface area contributed by atoms with Crippen LogP contribution in [0.2, 0.25) is 0 Å². The molecule has 1 heterocycles. The molecule has 0 atom stereocenters. The van der Waals surface area contributed by atoms with Gasteiger partial charge in [-0.1, -0.05) is 36.8 Å². The zero-order valence-corrected chi connectivity index (χ0v) is 19.2. The van der Waals surface area contributed by atoms with E-state index in [9.17, 15) is 14.6 Å². The molecular formula is C28H31FN2O3. The number of rotatable bonds is 9. The standard InChI is InChI=1S/C28H31FN2O3/c29-26-18-22(7-13-28(26)34-17-16-31-14-2-1-3-15-31)20-30-27-19-25(33)12-9-23(27)8-4-21-5-10-24(32)11-6-21/h4-13,18-19,30,32-33H,1-3,14-17,20H2. The number of nitrogens with zero attached hydrogens (tertiary/aromatic N) is 1. The molecule has 0 spiro atoms. The topological polar surface area (TPSA) is 65.0 Å². The SMILES string of the molecule is Oc1ccc(C=Cc2ccc(O)cc2NCc2ccc(OCCN3CCCCC3)c(F)c2)cc1. The van der Waals surface area contributed by atoms with Crippen LogP contribution in [0.25, 0.3) is 12.2 Å². The predicted molar refractivity (Wildman–Crippen MR) is 135 cm³/mol. The molecule has 0 bridgehead atoms. The molecule has 0 radical (unpaired) electrons. The third kappa shape index (κ3) is 6.75. The molecule has 0 saturated carbocycles. The van der Waals surface area contributed by atoms with E-state index in [1.165, 1.54) is 25.3 Å². The number of phenols is 2. The van der Waals surface area contributed by atoms with Gasteiger partial charge in [0.1, 0.15) is 18.1 Å². The van der Waals surface area contributed by atoms with Crippen molar-refractivity contribution in [3.8, 4) is 17.2 Å². The number of anilines is 1. The van der Waals surface area contributed by atoms with Gasteiger partial charge in [0.15, 0.2) is 11.6 Å². The average Bonchev–Trinajstić information content (AvgIpc) is 2.85.